The number of rotatable bonds is 9. The van der Waals surface area contributed by atoms with E-state index in [-0.39, 0.29) is 31.3 Å². The van der Waals surface area contributed by atoms with Crippen LogP contribution in [0.2, 0.25) is 0 Å². The third-order valence-electron chi connectivity index (χ3n) is 7.84. The van der Waals surface area contributed by atoms with Gasteiger partial charge in [-0.15, -0.1) is 0 Å². The van der Waals surface area contributed by atoms with E-state index in [0.29, 0.717) is 18.6 Å². The lowest BCUT2D eigenvalue weighted by molar-refractivity contribution is -0.107. The first kappa shape index (κ1) is 27.5. The van der Waals surface area contributed by atoms with Crippen LogP contribution in [0.5, 0.6) is 5.75 Å². The molecule has 0 saturated carbocycles. The van der Waals surface area contributed by atoms with Gasteiger partial charge in [-0.25, -0.2) is 17.4 Å². The second kappa shape index (κ2) is 10.8. The van der Waals surface area contributed by atoms with E-state index in [1.807, 2.05) is 41.2 Å². The van der Waals surface area contributed by atoms with Crippen molar-refractivity contribution in [1.29, 1.82) is 0 Å². The summed E-state index contributed by atoms with van der Waals surface area (Å²) < 4.78 is 74.4. The molecule has 10 heteroatoms. The predicted octanol–water partition coefficient (Wildman–Crippen LogP) is 5.68. The molecule has 0 aliphatic heterocycles. The standard InChI is InChI=1S/C29H32F3N3O3S/c1-20-25-17-33-35(24-9-4-3-5-10-24)26(25)16-22-12-13-23(28(20)22)18-34(39(36,37)19-29(30,31)32)15-14-21-8-6-7-11-27(21)38-2/h3-11,17,20,23H,12-16,18-19H2,1-2H3/t20-,23+/m0/s1. The van der Waals surface area contributed by atoms with Gasteiger partial charge in [-0.1, -0.05) is 54.5 Å². The summed E-state index contributed by atoms with van der Waals surface area (Å²) in [4.78, 5) is 0. The highest BCUT2D eigenvalue weighted by Gasteiger charge is 2.42. The van der Waals surface area contributed by atoms with Gasteiger partial charge in [0.1, 0.15) is 5.75 Å². The van der Waals surface area contributed by atoms with Crippen LogP contribution in [0.1, 0.15) is 42.5 Å². The van der Waals surface area contributed by atoms with Crippen molar-refractivity contribution in [2.24, 2.45) is 5.92 Å². The van der Waals surface area contributed by atoms with Gasteiger partial charge in [-0.05, 0) is 48.9 Å². The van der Waals surface area contributed by atoms with E-state index in [4.69, 9.17) is 4.74 Å². The summed E-state index contributed by atoms with van der Waals surface area (Å²) >= 11 is 0. The molecule has 1 heterocycles. The highest BCUT2D eigenvalue weighted by Crippen LogP contribution is 2.47. The van der Waals surface area contributed by atoms with Crippen LogP contribution in [0.4, 0.5) is 13.2 Å². The van der Waals surface area contributed by atoms with E-state index in [9.17, 15) is 21.6 Å². The number of nitrogens with zero attached hydrogens (tertiary/aromatic N) is 3. The minimum absolute atomic E-state index is 0.00935. The van der Waals surface area contributed by atoms with Crippen LogP contribution in [0, 0.1) is 5.92 Å². The third-order valence-corrected chi connectivity index (χ3v) is 9.66. The highest BCUT2D eigenvalue weighted by atomic mass is 32.2. The van der Waals surface area contributed by atoms with Crippen molar-refractivity contribution in [3.63, 3.8) is 0 Å². The number of para-hydroxylation sites is 2. The molecule has 0 amide bonds. The molecule has 2 aromatic carbocycles. The van der Waals surface area contributed by atoms with Crippen molar-refractivity contribution in [2.45, 2.75) is 44.7 Å². The van der Waals surface area contributed by atoms with Gasteiger partial charge < -0.3 is 4.74 Å². The second-order valence-corrected chi connectivity index (χ2v) is 12.2. The average Bonchev–Trinajstić information content (AvgIpc) is 3.50. The van der Waals surface area contributed by atoms with Crippen molar-refractivity contribution in [3.8, 4) is 11.4 Å². The fourth-order valence-corrected chi connectivity index (χ4v) is 7.48. The second-order valence-electron chi connectivity index (χ2n) is 10.3. The van der Waals surface area contributed by atoms with Crippen LogP contribution in [0.15, 0.2) is 71.9 Å². The Bertz CT molecular complexity index is 1470. The summed E-state index contributed by atoms with van der Waals surface area (Å²) in [5, 5.41) is 4.64. The Balaban J connectivity index is 1.41. The van der Waals surface area contributed by atoms with Crippen molar-refractivity contribution >= 4 is 10.0 Å². The van der Waals surface area contributed by atoms with Crippen LogP contribution >= 0.6 is 0 Å². The molecular weight excluding hydrogens is 527 g/mol. The highest BCUT2D eigenvalue weighted by molar-refractivity contribution is 7.89. The topological polar surface area (TPSA) is 64.4 Å². The lowest BCUT2D eigenvalue weighted by Gasteiger charge is -2.31. The number of alkyl halides is 3. The summed E-state index contributed by atoms with van der Waals surface area (Å²) in [6, 6.07) is 17.1. The van der Waals surface area contributed by atoms with Crippen molar-refractivity contribution in [3.05, 3.63) is 88.8 Å². The Morgan fingerprint density at radius 2 is 1.82 bits per heavy atom. The minimum atomic E-state index is -4.82. The molecule has 0 spiro atoms. The lowest BCUT2D eigenvalue weighted by atomic mass is 9.80. The number of hydrogen-bond acceptors (Lipinski definition) is 4. The molecule has 6 nitrogen and oxygen atoms in total. The molecule has 39 heavy (non-hydrogen) atoms. The molecule has 0 unspecified atom stereocenters. The molecule has 2 atom stereocenters. The van der Waals surface area contributed by atoms with Crippen LogP contribution in [0.25, 0.3) is 5.69 Å². The van der Waals surface area contributed by atoms with Crippen LogP contribution < -0.4 is 4.74 Å². The molecule has 2 aliphatic carbocycles. The number of aromatic nitrogens is 2. The maximum Gasteiger partial charge on any atom is 0.404 e. The van der Waals surface area contributed by atoms with E-state index in [1.54, 1.807) is 24.3 Å². The summed E-state index contributed by atoms with van der Waals surface area (Å²) in [6.45, 7) is 2.06. The number of allylic oxidation sites excluding steroid dienone is 1. The van der Waals surface area contributed by atoms with E-state index < -0.39 is 22.0 Å². The number of fused-ring (bicyclic) bond motifs is 1. The van der Waals surface area contributed by atoms with Gasteiger partial charge in [-0.3, -0.25) is 0 Å². The Kier molecular flexibility index (Phi) is 7.61. The summed E-state index contributed by atoms with van der Waals surface area (Å²) in [7, 11) is -3.06. The predicted molar refractivity (Wildman–Crippen MR) is 144 cm³/mol. The van der Waals surface area contributed by atoms with Crippen LogP contribution in [-0.4, -0.2) is 54.6 Å². The molecule has 208 valence electrons. The number of halogens is 3. The maximum absolute atomic E-state index is 13.3. The maximum atomic E-state index is 13.3. The number of sulfonamides is 1. The van der Waals surface area contributed by atoms with E-state index in [0.717, 1.165) is 38.8 Å². The summed E-state index contributed by atoms with van der Waals surface area (Å²) in [5.41, 5.74) is 6.33. The zero-order chi connectivity index (χ0) is 27.8. The molecule has 3 aromatic rings. The first-order chi connectivity index (χ1) is 18.6. The van der Waals surface area contributed by atoms with E-state index in [2.05, 4.69) is 12.0 Å². The minimum Gasteiger partial charge on any atom is -0.496 e. The Morgan fingerprint density at radius 1 is 1.10 bits per heavy atom. The number of hydrogen-bond donors (Lipinski definition) is 0. The quantitative estimate of drug-likeness (QED) is 0.316. The van der Waals surface area contributed by atoms with Gasteiger partial charge in [0.25, 0.3) is 0 Å². The van der Waals surface area contributed by atoms with Gasteiger partial charge in [-0.2, -0.15) is 18.3 Å². The van der Waals surface area contributed by atoms with Crippen LogP contribution in [-0.2, 0) is 22.9 Å². The number of ether oxygens (including phenoxy) is 1. The monoisotopic (exact) mass is 559 g/mol. The summed E-state index contributed by atoms with van der Waals surface area (Å²) in [5.74, 6) is -1.42. The molecule has 0 saturated heterocycles. The first-order valence-corrected chi connectivity index (χ1v) is 14.7. The number of methoxy groups -OCH3 is 1. The molecule has 0 N–H and O–H groups in total. The Hall–Kier alpha value is -3.11. The fourth-order valence-electron chi connectivity index (χ4n) is 6.11. The van der Waals surface area contributed by atoms with Crippen LogP contribution in [0.3, 0.4) is 0 Å². The zero-order valence-corrected chi connectivity index (χ0v) is 22.8. The van der Waals surface area contributed by atoms with Gasteiger partial charge in [0.2, 0.25) is 10.0 Å². The average molecular weight is 560 g/mol. The van der Waals surface area contributed by atoms with Crippen molar-refractivity contribution in [1.82, 2.24) is 14.1 Å². The van der Waals surface area contributed by atoms with E-state index >= 15 is 0 Å². The molecule has 0 fully saturated rings. The number of benzene rings is 2. The molecular formula is C29H32F3N3O3S. The normalized spacial score (nSPS) is 19.3. The van der Waals surface area contributed by atoms with Gasteiger partial charge in [0.15, 0.2) is 5.75 Å². The SMILES string of the molecule is COc1ccccc1CCN(C[C@H]1CCC2=C1[C@@H](C)c1cnn(-c3ccccc3)c1C2)S(=O)(=O)CC(F)(F)F. The first-order valence-electron chi connectivity index (χ1n) is 13.1. The van der Waals surface area contributed by atoms with Gasteiger partial charge in [0.05, 0.1) is 24.7 Å². The lowest BCUT2D eigenvalue weighted by Crippen LogP contribution is -2.42. The zero-order valence-electron chi connectivity index (χ0n) is 22.0. The molecule has 1 aromatic heterocycles. The van der Waals surface area contributed by atoms with Crippen molar-refractivity contribution in [2.75, 3.05) is 26.0 Å². The van der Waals surface area contributed by atoms with E-state index in [1.165, 1.54) is 12.7 Å². The van der Waals surface area contributed by atoms with Crippen molar-refractivity contribution < 1.29 is 26.3 Å². The summed E-state index contributed by atoms with van der Waals surface area (Å²) in [6.07, 6.45) is -0.485. The smallest absolute Gasteiger partial charge is 0.404 e. The Morgan fingerprint density at radius 3 is 2.54 bits per heavy atom. The van der Waals surface area contributed by atoms with Gasteiger partial charge >= 0.3 is 6.18 Å². The molecule has 5 rings (SSSR count). The molecule has 0 radical (unpaired) electrons. The molecule has 2 aliphatic rings. The largest absolute Gasteiger partial charge is 0.496 e. The third kappa shape index (κ3) is 5.77. The molecule has 0 bridgehead atoms. The van der Waals surface area contributed by atoms with Gasteiger partial charge in [0, 0.05) is 31.0 Å². The fraction of sp³-hybridized carbons (Fsp3) is 0.414. The Labute approximate surface area is 227 Å².